The normalized spacial score (nSPS) is 18.8. The molecule has 24 heavy (non-hydrogen) atoms. The molecule has 1 aliphatic carbocycles. The van der Waals surface area contributed by atoms with Crippen LogP contribution in [0, 0.1) is 5.92 Å². The number of amides is 1. The number of phenols is 1. The zero-order valence-electron chi connectivity index (χ0n) is 13.8. The Morgan fingerprint density at radius 2 is 2.00 bits per heavy atom. The van der Waals surface area contributed by atoms with E-state index in [2.05, 4.69) is 5.32 Å². The zero-order chi connectivity index (χ0) is 17.1. The molecule has 0 saturated heterocycles. The smallest absolute Gasteiger partial charge is 0.224 e. The highest BCUT2D eigenvalue weighted by Crippen LogP contribution is 2.48. The van der Waals surface area contributed by atoms with E-state index >= 15 is 0 Å². The van der Waals surface area contributed by atoms with Gasteiger partial charge in [0, 0.05) is 18.0 Å². The number of carbonyl (C=O) groups is 1. The molecule has 0 unspecified atom stereocenters. The van der Waals surface area contributed by atoms with Crippen molar-refractivity contribution in [2.45, 2.75) is 18.9 Å². The molecule has 126 valence electrons. The number of hydrogen-bond donors (Lipinski definition) is 2. The Labute approximate surface area is 141 Å². The molecular formula is C19H21NO4. The van der Waals surface area contributed by atoms with E-state index in [1.165, 1.54) is 0 Å². The van der Waals surface area contributed by atoms with Gasteiger partial charge in [-0.05, 0) is 36.1 Å². The molecule has 5 nitrogen and oxygen atoms in total. The van der Waals surface area contributed by atoms with Gasteiger partial charge in [0.2, 0.25) is 5.91 Å². The fourth-order valence-electron chi connectivity index (χ4n) is 3.01. The van der Waals surface area contributed by atoms with E-state index in [1.54, 1.807) is 32.4 Å². The number of benzene rings is 2. The van der Waals surface area contributed by atoms with Gasteiger partial charge in [0.05, 0.1) is 14.2 Å². The number of carbonyl (C=O) groups excluding carboxylic acids is 1. The molecule has 0 radical (unpaired) electrons. The summed E-state index contributed by atoms with van der Waals surface area (Å²) < 4.78 is 10.6. The lowest BCUT2D eigenvalue weighted by atomic mass is 10.1. The van der Waals surface area contributed by atoms with Crippen LogP contribution in [0.15, 0.2) is 42.5 Å². The molecule has 0 aliphatic heterocycles. The molecule has 0 bridgehead atoms. The molecule has 3 rings (SSSR count). The number of methoxy groups -OCH3 is 2. The van der Waals surface area contributed by atoms with Gasteiger partial charge in [-0.1, -0.05) is 24.3 Å². The first-order chi connectivity index (χ1) is 11.6. The number of rotatable bonds is 6. The van der Waals surface area contributed by atoms with Crippen molar-refractivity contribution in [1.82, 2.24) is 5.32 Å². The molecule has 0 aromatic heterocycles. The Balaban J connectivity index is 1.61. The van der Waals surface area contributed by atoms with Crippen molar-refractivity contribution in [2.75, 3.05) is 14.2 Å². The van der Waals surface area contributed by atoms with E-state index in [0.717, 1.165) is 17.5 Å². The first kappa shape index (κ1) is 16.2. The molecular weight excluding hydrogens is 306 g/mol. The molecule has 1 aliphatic rings. The van der Waals surface area contributed by atoms with Crippen molar-refractivity contribution in [3.63, 3.8) is 0 Å². The van der Waals surface area contributed by atoms with E-state index in [0.29, 0.717) is 18.0 Å². The van der Waals surface area contributed by atoms with Crippen LogP contribution >= 0.6 is 0 Å². The molecule has 2 atom stereocenters. The first-order valence-corrected chi connectivity index (χ1v) is 7.90. The summed E-state index contributed by atoms with van der Waals surface area (Å²) in [4.78, 5) is 12.4. The van der Waals surface area contributed by atoms with Crippen molar-refractivity contribution < 1.29 is 19.4 Å². The van der Waals surface area contributed by atoms with Gasteiger partial charge in [0.25, 0.3) is 0 Å². The Hall–Kier alpha value is -2.69. The Kier molecular flexibility index (Phi) is 4.60. The van der Waals surface area contributed by atoms with Gasteiger partial charge in [-0.25, -0.2) is 0 Å². The second-order valence-corrected chi connectivity index (χ2v) is 5.91. The molecule has 5 heteroatoms. The molecule has 2 aromatic carbocycles. The fourth-order valence-corrected chi connectivity index (χ4v) is 3.01. The molecule has 2 aromatic rings. The van der Waals surface area contributed by atoms with Gasteiger partial charge in [-0.3, -0.25) is 4.79 Å². The maximum Gasteiger partial charge on any atom is 0.224 e. The minimum atomic E-state index is -0.0385. The van der Waals surface area contributed by atoms with Crippen molar-refractivity contribution in [3.8, 4) is 17.2 Å². The standard InChI is InChI=1S/C19H21NO4/c1-23-17-8-4-6-13(18(17)24-2)11-20-19(22)16-10-15(16)12-5-3-7-14(21)9-12/h3-9,15-16,21H,10-11H2,1-2H3,(H,20,22)/t15-,16+/m0/s1. The maximum absolute atomic E-state index is 12.4. The maximum atomic E-state index is 12.4. The fraction of sp³-hybridized carbons (Fsp3) is 0.316. The van der Waals surface area contributed by atoms with E-state index < -0.39 is 0 Å². The Morgan fingerprint density at radius 1 is 1.21 bits per heavy atom. The summed E-state index contributed by atoms with van der Waals surface area (Å²) in [6.07, 6.45) is 0.810. The molecule has 1 fully saturated rings. The van der Waals surface area contributed by atoms with Crippen molar-refractivity contribution in [2.24, 2.45) is 5.92 Å². The van der Waals surface area contributed by atoms with Crippen LogP contribution in [-0.4, -0.2) is 25.2 Å². The molecule has 0 heterocycles. The summed E-state index contributed by atoms with van der Waals surface area (Å²) >= 11 is 0. The second kappa shape index (κ2) is 6.83. The van der Waals surface area contributed by atoms with Crippen LogP contribution in [-0.2, 0) is 11.3 Å². The summed E-state index contributed by atoms with van der Waals surface area (Å²) in [5.74, 6) is 1.69. The third kappa shape index (κ3) is 3.30. The third-order valence-electron chi connectivity index (χ3n) is 4.36. The van der Waals surface area contributed by atoms with Crippen LogP contribution < -0.4 is 14.8 Å². The van der Waals surface area contributed by atoms with Crippen LogP contribution in [0.4, 0.5) is 0 Å². The lowest BCUT2D eigenvalue weighted by Crippen LogP contribution is -2.25. The molecule has 0 spiro atoms. The second-order valence-electron chi connectivity index (χ2n) is 5.91. The lowest BCUT2D eigenvalue weighted by molar-refractivity contribution is -0.122. The zero-order valence-corrected chi connectivity index (χ0v) is 13.8. The summed E-state index contributed by atoms with van der Waals surface area (Å²) in [5.41, 5.74) is 1.88. The predicted molar refractivity (Wildman–Crippen MR) is 90.3 cm³/mol. The Bertz CT molecular complexity index is 744. The van der Waals surface area contributed by atoms with Crippen LogP contribution in [0.25, 0.3) is 0 Å². The van der Waals surface area contributed by atoms with Crippen molar-refractivity contribution >= 4 is 5.91 Å². The number of phenolic OH excluding ortho intramolecular Hbond substituents is 1. The highest BCUT2D eigenvalue weighted by Gasteiger charge is 2.43. The number of aromatic hydroxyl groups is 1. The number of hydrogen-bond acceptors (Lipinski definition) is 4. The predicted octanol–water partition coefficient (Wildman–Crippen LogP) is 2.83. The van der Waals surface area contributed by atoms with Crippen molar-refractivity contribution in [1.29, 1.82) is 0 Å². The van der Waals surface area contributed by atoms with Crippen molar-refractivity contribution in [3.05, 3.63) is 53.6 Å². The van der Waals surface area contributed by atoms with E-state index in [9.17, 15) is 9.90 Å². The molecule has 1 saturated carbocycles. The molecule has 1 amide bonds. The summed E-state index contributed by atoms with van der Waals surface area (Å²) in [6.45, 7) is 0.391. The lowest BCUT2D eigenvalue weighted by Gasteiger charge is -2.13. The van der Waals surface area contributed by atoms with Gasteiger partial charge in [-0.2, -0.15) is 0 Å². The van der Waals surface area contributed by atoms with Gasteiger partial charge in [0.1, 0.15) is 5.75 Å². The molecule has 2 N–H and O–H groups in total. The largest absolute Gasteiger partial charge is 0.508 e. The van der Waals surface area contributed by atoms with E-state index in [1.807, 2.05) is 24.3 Å². The topological polar surface area (TPSA) is 67.8 Å². The van der Waals surface area contributed by atoms with Gasteiger partial charge in [-0.15, -0.1) is 0 Å². The van der Waals surface area contributed by atoms with E-state index in [-0.39, 0.29) is 23.5 Å². The summed E-state index contributed by atoms with van der Waals surface area (Å²) in [6, 6.07) is 12.7. The summed E-state index contributed by atoms with van der Waals surface area (Å²) in [7, 11) is 3.17. The third-order valence-corrected chi connectivity index (χ3v) is 4.36. The van der Waals surface area contributed by atoms with Crippen LogP contribution in [0.1, 0.15) is 23.5 Å². The van der Waals surface area contributed by atoms with Crippen LogP contribution in [0.3, 0.4) is 0 Å². The SMILES string of the molecule is COc1cccc(CNC(=O)[C@@H]2C[C@H]2c2cccc(O)c2)c1OC. The van der Waals surface area contributed by atoms with Crippen LogP contribution in [0.5, 0.6) is 17.2 Å². The Morgan fingerprint density at radius 3 is 2.71 bits per heavy atom. The van der Waals surface area contributed by atoms with Gasteiger partial charge in [0.15, 0.2) is 11.5 Å². The summed E-state index contributed by atoms with van der Waals surface area (Å²) in [5, 5.41) is 12.5. The first-order valence-electron chi connectivity index (χ1n) is 7.90. The van der Waals surface area contributed by atoms with Gasteiger partial charge >= 0.3 is 0 Å². The number of ether oxygens (including phenoxy) is 2. The average molecular weight is 327 g/mol. The number of nitrogens with one attached hydrogen (secondary N) is 1. The minimum Gasteiger partial charge on any atom is -0.508 e. The van der Waals surface area contributed by atoms with E-state index in [4.69, 9.17) is 9.47 Å². The highest BCUT2D eigenvalue weighted by atomic mass is 16.5. The van der Waals surface area contributed by atoms with Gasteiger partial charge < -0.3 is 19.9 Å². The average Bonchev–Trinajstić information content (AvgIpc) is 3.40. The number of para-hydroxylation sites is 1. The van der Waals surface area contributed by atoms with Crippen LogP contribution in [0.2, 0.25) is 0 Å². The minimum absolute atomic E-state index is 0.0215. The quantitative estimate of drug-likeness (QED) is 0.856. The monoisotopic (exact) mass is 327 g/mol. The highest BCUT2D eigenvalue weighted by molar-refractivity contribution is 5.83.